The number of nitrogen functional groups attached to an aromatic ring is 1. The van der Waals surface area contributed by atoms with Crippen molar-refractivity contribution in [2.45, 2.75) is 25.8 Å². The van der Waals surface area contributed by atoms with Crippen LogP contribution in [0.25, 0.3) is 0 Å². The molecule has 1 unspecified atom stereocenters. The standard InChI is InChI=1S/C11H20N4O2S/c1-8(2)9(3)7-14-18(16,17)11-10(15-12)5-4-6-13-11/h4-6,8-9,14-15H,7,12H2,1-3H3. The smallest absolute Gasteiger partial charge is 0.260 e. The first kappa shape index (κ1) is 14.9. The van der Waals surface area contributed by atoms with Gasteiger partial charge < -0.3 is 5.43 Å². The van der Waals surface area contributed by atoms with Gasteiger partial charge in [-0.05, 0) is 24.0 Å². The topological polar surface area (TPSA) is 97.1 Å². The monoisotopic (exact) mass is 272 g/mol. The third kappa shape index (κ3) is 3.66. The molecule has 1 aromatic rings. The highest BCUT2D eigenvalue weighted by atomic mass is 32.2. The summed E-state index contributed by atoms with van der Waals surface area (Å²) >= 11 is 0. The lowest BCUT2D eigenvalue weighted by molar-refractivity contribution is 0.414. The number of hydrogen-bond donors (Lipinski definition) is 3. The van der Waals surface area contributed by atoms with E-state index in [1.807, 2.05) is 20.8 Å². The number of nitrogens with two attached hydrogens (primary N) is 1. The van der Waals surface area contributed by atoms with Crippen molar-refractivity contribution in [3.05, 3.63) is 18.3 Å². The average molecular weight is 272 g/mol. The summed E-state index contributed by atoms with van der Waals surface area (Å²) in [5.41, 5.74) is 2.61. The van der Waals surface area contributed by atoms with Gasteiger partial charge in [-0.15, -0.1) is 0 Å². The fourth-order valence-corrected chi connectivity index (χ4v) is 2.50. The molecule has 102 valence electrons. The molecule has 0 aliphatic heterocycles. The molecule has 1 rings (SSSR count). The van der Waals surface area contributed by atoms with Crippen LogP contribution in [0, 0.1) is 11.8 Å². The number of nitrogens with zero attached hydrogens (tertiary/aromatic N) is 1. The molecule has 7 heteroatoms. The molecule has 0 fully saturated rings. The van der Waals surface area contributed by atoms with Gasteiger partial charge in [0, 0.05) is 12.7 Å². The molecular weight excluding hydrogens is 252 g/mol. The molecule has 0 saturated carbocycles. The van der Waals surface area contributed by atoms with Gasteiger partial charge in [0.25, 0.3) is 10.0 Å². The van der Waals surface area contributed by atoms with Crippen LogP contribution in [0.15, 0.2) is 23.4 Å². The van der Waals surface area contributed by atoms with Crippen molar-refractivity contribution < 1.29 is 8.42 Å². The minimum Gasteiger partial charge on any atom is -0.321 e. The molecule has 0 aromatic carbocycles. The summed E-state index contributed by atoms with van der Waals surface area (Å²) in [7, 11) is -3.64. The van der Waals surface area contributed by atoms with E-state index < -0.39 is 10.0 Å². The molecule has 1 atom stereocenters. The maximum Gasteiger partial charge on any atom is 0.260 e. The van der Waals surface area contributed by atoms with Gasteiger partial charge in [0.2, 0.25) is 0 Å². The number of sulfonamides is 1. The van der Waals surface area contributed by atoms with Gasteiger partial charge in [-0.25, -0.2) is 18.1 Å². The summed E-state index contributed by atoms with van der Waals surface area (Å²) in [5, 5.41) is -0.0801. The van der Waals surface area contributed by atoms with Crippen LogP contribution in [-0.4, -0.2) is 19.9 Å². The Labute approximate surface area is 108 Å². The van der Waals surface area contributed by atoms with E-state index in [4.69, 9.17) is 5.84 Å². The van der Waals surface area contributed by atoms with Crippen LogP contribution in [-0.2, 0) is 10.0 Å². The molecule has 0 spiro atoms. The van der Waals surface area contributed by atoms with Crippen molar-refractivity contribution >= 4 is 15.7 Å². The summed E-state index contributed by atoms with van der Waals surface area (Å²) in [6, 6.07) is 3.18. The van der Waals surface area contributed by atoms with Crippen LogP contribution in [0.4, 0.5) is 5.69 Å². The largest absolute Gasteiger partial charge is 0.321 e. The van der Waals surface area contributed by atoms with Crippen LogP contribution in [0.1, 0.15) is 20.8 Å². The maximum atomic E-state index is 12.1. The molecule has 18 heavy (non-hydrogen) atoms. The van der Waals surface area contributed by atoms with E-state index in [1.165, 1.54) is 6.20 Å². The number of hydrazine groups is 1. The molecule has 1 aromatic heterocycles. The van der Waals surface area contributed by atoms with E-state index in [1.54, 1.807) is 12.1 Å². The Balaban J connectivity index is 2.87. The number of aromatic nitrogens is 1. The van der Waals surface area contributed by atoms with Gasteiger partial charge in [0.15, 0.2) is 5.03 Å². The van der Waals surface area contributed by atoms with E-state index in [2.05, 4.69) is 15.1 Å². The first-order valence-electron chi connectivity index (χ1n) is 5.79. The molecule has 0 amide bonds. The highest BCUT2D eigenvalue weighted by Gasteiger charge is 2.20. The van der Waals surface area contributed by atoms with E-state index in [0.717, 1.165) is 0 Å². The summed E-state index contributed by atoms with van der Waals surface area (Å²) in [4.78, 5) is 3.85. The van der Waals surface area contributed by atoms with E-state index in [-0.39, 0.29) is 16.6 Å². The minimum absolute atomic E-state index is 0.0801. The van der Waals surface area contributed by atoms with Crippen LogP contribution >= 0.6 is 0 Å². The molecular formula is C11H20N4O2S. The second kappa shape index (κ2) is 6.12. The van der Waals surface area contributed by atoms with Crippen molar-refractivity contribution in [2.75, 3.05) is 12.0 Å². The lowest BCUT2D eigenvalue weighted by Crippen LogP contribution is -2.31. The van der Waals surface area contributed by atoms with E-state index >= 15 is 0 Å². The number of nitrogens with one attached hydrogen (secondary N) is 2. The molecule has 0 aliphatic carbocycles. The molecule has 0 radical (unpaired) electrons. The number of pyridine rings is 1. The molecule has 0 saturated heterocycles. The van der Waals surface area contributed by atoms with Crippen molar-refractivity contribution in [3.63, 3.8) is 0 Å². The summed E-state index contributed by atoms with van der Waals surface area (Å²) < 4.78 is 26.7. The molecule has 1 heterocycles. The van der Waals surface area contributed by atoms with Crippen molar-refractivity contribution in [1.29, 1.82) is 0 Å². The normalized spacial score (nSPS) is 13.6. The minimum atomic E-state index is -3.64. The SMILES string of the molecule is CC(C)C(C)CNS(=O)(=O)c1ncccc1NN. The fraction of sp³-hybridized carbons (Fsp3) is 0.545. The third-order valence-electron chi connectivity index (χ3n) is 2.91. The van der Waals surface area contributed by atoms with Gasteiger partial charge in [0.1, 0.15) is 0 Å². The predicted molar refractivity (Wildman–Crippen MR) is 71.2 cm³/mol. The molecule has 4 N–H and O–H groups in total. The zero-order valence-corrected chi connectivity index (χ0v) is 11.7. The maximum absolute atomic E-state index is 12.1. The van der Waals surface area contributed by atoms with Gasteiger partial charge in [0.05, 0.1) is 5.69 Å². The number of anilines is 1. The van der Waals surface area contributed by atoms with Gasteiger partial charge in [-0.2, -0.15) is 0 Å². The Morgan fingerprint density at radius 3 is 2.61 bits per heavy atom. The van der Waals surface area contributed by atoms with Crippen molar-refractivity contribution in [2.24, 2.45) is 17.7 Å². The predicted octanol–water partition coefficient (Wildman–Crippen LogP) is 0.938. The summed E-state index contributed by atoms with van der Waals surface area (Å²) in [6.07, 6.45) is 1.42. The lowest BCUT2D eigenvalue weighted by Gasteiger charge is -2.16. The first-order valence-corrected chi connectivity index (χ1v) is 7.28. The number of rotatable bonds is 6. The van der Waals surface area contributed by atoms with Crippen LogP contribution in [0.3, 0.4) is 0 Å². The Kier molecular flexibility index (Phi) is 5.06. The molecule has 6 nitrogen and oxygen atoms in total. The quantitative estimate of drug-likeness (QED) is 0.529. The highest BCUT2D eigenvalue weighted by molar-refractivity contribution is 7.89. The van der Waals surface area contributed by atoms with Crippen molar-refractivity contribution in [3.8, 4) is 0 Å². The Bertz CT molecular complexity index is 488. The Morgan fingerprint density at radius 2 is 2.06 bits per heavy atom. The van der Waals surface area contributed by atoms with E-state index in [9.17, 15) is 8.42 Å². The van der Waals surface area contributed by atoms with Gasteiger partial charge in [-0.3, -0.25) is 5.84 Å². The molecule has 0 aliphatic rings. The second-order valence-electron chi connectivity index (χ2n) is 4.57. The second-order valence-corrected chi connectivity index (χ2v) is 6.26. The summed E-state index contributed by atoms with van der Waals surface area (Å²) in [5.74, 6) is 5.92. The Hall–Kier alpha value is -1.18. The molecule has 0 bridgehead atoms. The Morgan fingerprint density at radius 1 is 1.39 bits per heavy atom. The lowest BCUT2D eigenvalue weighted by atomic mass is 9.99. The highest BCUT2D eigenvalue weighted by Crippen LogP contribution is 2.17. The van der Waals surface area contributed by atoms with E-state index in [0.29, 0.717) is 12.5 Å². The number of hydrogen-bond acceptors (Lipinski definition) is 5. The summed E-state index contributed by atoms with van der Waals surface area (Å²) in [6.45, 7) is 6.47. The van der Waals surface area contributed by atoms with Crippen LogP contribution < -0.4 is 16.0 Å². The van der Waals surface area contributed by atoms with Crippen LogP contribution in [0.2, 0.25) is 0 Å². The zero-order valence-electron chi connectivity index (χ0n) is 10.8. The first-order chi connectivity index (χ1) is 8.38. The zero-order chi connectivity index (χ0) is 13.8. The van der Waals surface area contributed by atoms with Gasteiger partial charge in [-0.1, -0.05) is 20.8 Å². The fourth-order valence-electron chi connectivity index (χ4n) is 1.26. The third-order valence-corrected chi connectivity index (χ3v) is 4.30. The average Bonchev–Trinajstić information content (AvgIpc) is 2.35. The van der Waals surface area contributed by atoms with Crippen LogP contribution in [0.5, 0.6) is 0 Å². The van der Waals surface area contributed by atoms with Crippen molar-refractivity contribution in [1.82, 2.24) is 9.71 Å². The van der Waals surface area contributed by atoms with Gasteiger partial charge >= 0.3 is 0 Å².